The van der Waals surface area contributed by atoms with Gasteiger partial charge in [0.25, 0.3) is 0 Å². The fourth-order valence-electron chi connectivity index (χ4n) is 3.94. The Balaban J connectivity index is 1.66. The number of carbonyl (C=O) groups excluding carboxylic acids is 1. The second kappa shape index (κ2) is 6.67. The molecule has 1 aromatic heterocycles. The number of hydrogen-bond acceptors (Lipinski definition) is 4. The van der Waals surface area contributed by atoms with Crippen LogP contribution in [0.2, 0.25) is 0 Å². The van der Waals surface area contributed by atoms with Gasteiger partial charge in [0.2, 0.25) is 0 Å². The highest BCUT2D eigenvalue weighted by molar-refractivity contribution is 5.84. The molecule has 0 bridgehead atoms. The molecule has 0 aromatic carbocycles. The van der Waals surface area contributed by atoms with E-state index in [0.29, 0.717) is 18.9 Å². The number of Topliss-reactive ketones (excluding diaryl/α,β-unsaturated/α-hetero) is 1. The minimum absolute atomic E-state index is 0.0622. The number of aromatic nitrogens is 1. The second-order valence-electron chi connectivity index (χ2n) is 7.79. The first-order valence-corrected chi connectivity index (χ1v) is 8.84. The summed E-state index contributed by atoms with van der Waals surface area (Å²) in [6, 6.07) is 1.97. The molecule has 1 heterocycles. The first kappa shape index (κ1) is 17.2. The molecule has 24 heavy (non-hydrogen) atoms. The number of aliphatic hydroxyl groups is 1. The van der Waals surface area contributed by atoms with Gasteiger partial charge in [0.15, 0.2) is 0 Å². The highest BCUT2D eigenvalue weighted by atomic mass is 16.5. The molecule has 1 N–H and O–H groups in total. The fourth-order valence-corrected chi connectivity index (χ4v) is 3.94. The van der Waals surface area contributed by atoms with Crippen molar-refractivity contribution in [1.29, 1.82) is 0 Å². The molecule has 4 nitrogen and oxygen atoms in total. The summed E-state index contributed by atoms with van der Waals surface area (Å²) in [5.41, 5.74) is 2.53. The maximum Gasteiger partial charge on any atom is 0.140 e. The summed E-state index contributed by atoms with van der Waals surface area (Å²) in [5, 5.41) is 9.96. The Hall–Kier alpha value is -1.68. The van der Waals surface area contributed by atoms with Crippen LogP contribution < -0.4 is 4.74 Å². The number of carbonyl (C=O) groups is 1. The van der Waals surface area contributed by atoms with E-state index in [0.717, 1.165) is 54.7 Å². The van der Waals surface area contributed by atoms with Crippen LogP contribution in [0.3, 0.4) is 0 Å². The lowest BCUT2D eigenvalue weighted by Gasteiger charge is -2.44. The van der Waals surface area contributed by atoms with Crippen LogP contribution in [0.4, 0.5) is 0 Å². The normalized spacial score (nSPS) is 29.4. The third-order valence-corrected chi connectivity index (χ3v) is 5.28. The predicted octanol–water partition coefficient (Wildman–Crippen LogP) is 3.26. The molecule has 1 atom stereocenters. The quantitative estimate of drug-likeness (QED) is 0.665. The second-order valence-corrected chi connectivity index (χ2v) is 7.79. The van der Waals surface area contributed by atoms with Gasteiger partial charge in [-0.05, 0) is 57.1 Å². The lowest BCUT2D eigenvalue weighted by Crippen LogP contribution is -2.46. The molecular formula is C20H27NO3. The van der Waals surface area contributed by atoms with Crippen LogP contribution in [-0.2, 0) is 17.6 Å². The average molecular weight is 329 g/mol. The van der Waals surface area contributed by atoms with E-state index in [-0.39, 0.29) is 11.7 Å². The van der Waals surface area contributed by atoms with Crippen LogP contribution >= 0.6 is 0 Å². The molecule has 0 aliphatic heterocycles. The van der Waals surface area contributed by atoms with Crippen molar-refractivity contribution in [2.24, 2.45) is 11.8 Å². The Labute approximate surface area is 143 Å². The Morgan fingerprint density at radius 3 is 2.92 bits per heavy atom. The SMILES string of the molecule is C=C(C)CCOc1cnc2c(c1)CC(=O)C([C@H]1C[C@@](C)(O)C1)CC2. The van der Waals surface area contributed by atoms with Crippen LogP contribution in [0.1, 0.15) is 50.8 Å². The highest BCUT2D eigenvalue weighted by Crippen LogP contribution is 2.44. The van der Waals surface area contributed by atoms with E-state index in [2.05, 4.69) is 11.6 Å². The maximum atomic E-state index is 12.7. The summed E-state index contributed by atoms with van der Waals surface area (Å²) in [4.78, 5) is 17.2. The van der Waals surface area contributed by atoms with Crippen molar-refractivity contribution >= 4 is 5.78 Å². The largest absolute Gasteiger partial charge is 0.492 e. The van der Waals surface area contributed by atoms with E-state index in [1.54, 1.807) is 6.20 Å². The van der Waals surface area contributed by atoms with Gasteiger partial charge in [-0.3, -0.25) is 9.78 Å². The summed E-state index contributed by atoms with van der Waals surface area (Å²) >= 11 is 0. The molecule has 2 aliphatic rings. The molecule has 0 spiro atoms. The molecule has 0 amide bonds. The van der Waals surface area contributed by atoms with E-state index >= 15 is 0 Å². The number of aryl methyl sites for hydroxylation is 1. The summed E-state index contributed by atoms with van der Waals surface area (Å²) in [6.45, 7) is 8.29. The van der Waals surface area contributed by atoms with Crippen molar-refractivity contribution in [2.75, 3.05) is 6.61 Å². The molecular weight excluding hydrogens is 302 g/mol. The van der Waals surface area contributed by atoms with Crippen LogP contribution in [0.25, 0.3) is 0 Å². The minimum atomic E-state index is -0.577. The number of pyridine rings is 1. The zero-order valence-corrected chi connectivity index (χ0v) is 14.7. The first-order chi connectivity index (χ1) is 11.3. The van der Waals surface area contributed by atoms with E-state index in [9.17, 15) is 9.90 Å². The van der Waals surface area contributed by atoms with Gasteiger partial charge >= 0.3 is 0 Å². The van der Waals surface area contributed by atoms with Crippen molar-refractivity contribution in [3.05, 3.63) is 35.7 Å². The lowest BCUT2D eigenvalue weighted by molar-refractivity contribution is -0.131. The molecule has 4 heteroatoms. The smallest absolute Gasteiger partial charge is 0.140 e. The van der Waals surface area contributed by atoms with Gasteiger partial charge in [0.1, 0.15) is 11.5 Å². The van der Waals surface area contributed by atoms with Crippen LogP contribution in [0.5, 0.6) is 5.75 Å². The fraction of sp³-hybridized carbons (Fsp3) is 0.600. The Morgan fingerprint density at radius 2 is 2.25 bits per heavy atom. The summed E-state index contributed by atoms with van der Waals surface area (Å²) in [5.74, 6) is 1.41. The van der Waals surface area contributed by atoms with E-state index < -0.39 is 5.60 Å². The molecule has 1 fully saturated rings. The van der Waals surface area contributed by atoms with Gasteiger partial charge in [-0.25, -0.2) is 0 Å². The highest BCUT2D eigenvalue weighted by Gasteiger charge is 2.45. The molecule has 130 valence electrons. The Morgan fingerprint density at radius 1 is 1.50 bits per heavy atom. The number of nitrogens with zero attached hydrogens (tertiary/aromatic N) is 1. The molecule has 1 saturated carbocycles. The van der Waals surface area contributed by atoms with Crippen molar-refractivity contribution in [2.45, 2.75) is 58.0 Å². The average Bonchev–Trinajstić information content (AvgIpc) is 2.62. The molecule has 2 aliphatic carbocycles. The van der Waals surface area contributed by atoms with Gasteiger partial charge in [-0.2, -0.15) is 0 Å². The van der Waals surface area contributed by atoms with E-state index in [4.69, 9.17) is 4.74 Å². The van der Waals surface area contributed by atoms with Crippen molar-refractivity contribution in [3.8, 4) is 5.75 Å². The monoisotopic (exact) mass is 329 g/mol. The standard InChI is InChI=1S/C20H27NO3/c1-13(2)6-7-24-16-8-14-9-19(22)17(4-5-18(14)21-12-16)15-10-20(3,23)11-15/h8,12,15,17,23H,1,4-7,9-11H2,2-3H3/t15-,17?,20+. The van der Waals surface area contributed by atoms with Crippen LogP contribution in [0, 0.1) is 11.8 Å². The van der Waals surface area contributed by atoms with Gasteiger partial charge in [-0.15, -0.1) is 6.58 Å². The number of ether oxygens (including phenoxy) is 1. The zero-order chi connectivity index (χ0) is 17.3. The van der Waals surface area contributed by atoms with Crippen LogP contribution in [-0.4, -0.2) is 28.1 Å². The molecule has 0 radical (unpaired) electrons. The maximum absolute atomic E-state index is 12.7. The van der Waals surface area contributed by atoms with E-state index in [1.807, 2.05) is 19.9 Å². The third-order valence-electron chi connectivity index (χ3n) is 5.28. The minimum Gasteiger partial charge on any atom is -0.492 e. The first-order valence-electron chi connectivity index (χ1n) is 8.84. The van der Waals surface area contributed by atoms with Gasteiger partial charge < -0.3 is 9.84 Å². The number of fused-ring (bicyclic) bond motifs is 1. The van der Waals surface area contributed by atoms with Crippen LogP contribution in [0.15, 0.2) is 24.4 Å². The van der Waals surface area contributed by atoms with Crippen molar-refractivity contribution in [1.82, 2.24) is 4.98 Å². The summed E-state index contributed by atoms with van der Waals surface area (Å²) in [6.07, 6.45) is 6.16. The Kier molecular flexibility index (Phi) is 4.77. The topological polar surface area (TPSA) is 59.4 Å². The lowest BCUT2D eigenvalue weighted by atomic mass is 9.64. The molecule has 3 rings (SSSR count). The third kappa shape index (κ3) is 3.86. The molecule has 1 unspecified atom stereocenters. The summed E-state index contributed by atoms with van der Waals surface area (Å²) in [7, 11) is 0. The van der Waals surface area contributed by atoms with Crippen molar-refractivity contribution in [3.63, 3.8) is 0 Å². The number of hydrogen-bond donors (Lipinski definition) is 1. The van der Waals surface area contributed by atoms with E-state index in [1.165, 1.54) is 0 Å². The van der Waals surface area contributed by atoms with Crippen molar-refractivity contribution < 1.29 is 14.6 Å². The number of ketones is 1. The van der Waals surface area contributed by atoms with Gasteiger partial charge in [0, 0.05) is 24.5 Å². The summed E-state index contributed by atoms with van der Waals surface area (Å²) < 4.78 is 5.73. The molecule has 1 aromatic rings. The van der Waals surface area contributed by atoms with Gasteiger partial charge in [-0.1, -0.05) is 5.57 Å². The predicted molar refractivity (Wildman–Crippen MR) is 93.0 cm³/mol. The Bertz CT molecular complexity index is 642. The molecule has 0 saturated heterocycles. The van der Waals surface area contributed by atoms with Gasteiger partial charge in [0.05, 0.1) is 18.4 Å². The zero-order valence-electron chi connectivity index (χ0n) is 14.7. The number of rotatable bonds is 5.